The van der Waals surface area contributed by atoms with Crippen molar-refractivity contribution in [3.63, 3.8) is 0 Å². The van der Waals surface area contributed by atoms with Crippen molar-refractivity contribution in [2.45, 2.75) is 11.8 Å². The number of halogens is 3. The number of carbonyl (C=O) groups excluding carboxylic acids is 1. The van der Waals surface area contributed by atoms with Gasteiger partial charge < -0.3 is 5.32 Å². The first-order valence-electron chi connectivity index (χ1n) is 8.87. The predicted octanol–water partition coefficient (Wildman–Crippen LogP) is 5.60. The number of sulfonamides is 1. The van der Waals surface area contributed by atoms with Crippen LogP contribution in [0.4, 0.5) is 15.8 Å². The fourth-order valence-electron chi connectivity index (χ4n) is 2.87. The third kappa shape index (κ3) is 4.59. The van der Waals surface area contributed by atoms with Gasteiger partial charge >= 0.3 is 0 Å². The van der Waals surface area contributed by atoms with Crippen molar-refractivity contribution < 1.29 is 17.6 Å². The second-order valence-electron chi connectivity index (χ2n) is 6.23. The van der Waals surface area contributed by atoms with E-state index in [-0.39, 0.29) is 32.7 Å². The lowest BCUT2D eigenvalue weighted by molar-refractivity contribution is 0.102. The zero-order chi connectivity index (χ0) is 21.9. The number of nitrogens with zero attached hydrogens (tertiary/aromatic N) is 1. The van der Waals surface area contributed by atoms with E-state index in [1.807, 2.05) is 0 Å². The maximum Gasteiger partial charge on any atom is 0.265 e. The Balaban J connectivity index is 2.03. The number of carbonyl (C=O) groups is 1. The standard InChI is InChI=1S/C21H17Cl2FN2O3S/c1-2-26(16-9-4-3-5-10-16)30(28,29)20-12-17(18(22)13-19(20)23)21(27)25-15-8-6-7-14(24)11-15/h3-13H,2H2,1H3,(H,25,27). The first-order valence-corrected chi connectivity index (χ1v) is 11.1. The average Bonchev–Trinajstić information content (AvgIpc) is 2.69. The van der Waals surface area contributed by atoms with E-state index < -0.39 is 21.7 Å². The summed E-state index contributed by atoms with van der Waals surface area (Å²) in [6.07, 6.45) is 0. The molecule has 0 aromatic heterocycles. The average molecular weight is 467 g/mol. The van der Waals surface area contributed by atoms with E-state index in [2.05, 4.69) is 5.32 Å². The molecule has 5 nitrogen and oxygen atoms in total. The molecule has 1 amide bonds. The van der Waals surface area contributed by atoms with Crippen molar-refractivity contribution in [2.24, 2.45) is 0 Å². The molecule has 3 rings (SSSR count). The summed E-state index contributed by atoms with van der Waals surface area (Å²) in [4.78, 5) is 12.4. The number of anilines is 2. The SMILES string of the molecule is CCN(c1ccccc1)S(=O)(=O)c1cc(C(=O)Nc2cccc(F)c2)c(Cl)cc1Cl. The van der Waals surface area contributed by atoms with Crippen molar-refractivity contribution in [3.8, 4) is 0 Å². The molecule has 0 radical (unpaired) electrons. The molecule has 156 valence electrons. The van der Waals surface area contributed by atoms with Crippen LogP contribution < -0.4 is 9.62 Å². The number of para-hydroxylation sites is 1. The quantitative estimate of drug-likeness (QED) is 0.513. The third-order valence-electron chi connectivity index (χ3n) is 4.25. The lowest BCUT2D eigenvalue weighted by atomic mass is 10.2. The maximum absolute atomic E-state index is 13.4. The lowest BCUT2D eigenvalue weighted by Crippen LogP contribution is -2.31. The van der Waals surface area contributed by atoms with Crippen LogP contribution in [-0.4, -0.2) is 20.9 Å². The molecule has 0 bridgehead atoms. The normalized spacial score (nSPS) is 11.2. The minimum atomic E-state index is -4.08. The number of rotatable bonds is 6. The molecule has 30 heavy (non-hydrogen) atoms. The first kappa shape index (κ1) is 22.1. The van der Waals surface area contributed by atoms with Gasteiger partial charge in [0.25, 0.3) is 15.9 Å². The Morgan fingerprint density at radius 3 is 2.33 bits per heavy atom. The highest BCUT2D eigenvalue weighted by molar-refractivity contribution is 7.93. The summed E-state index contributed by atoms with van der Waals surface area (Å²) in [6, 6.07) is 16.1. The molecule has 3 aromatic rings. The van der Waals surface area contributed by atoms with Gasteiger partial charge in [0, 0.05) is 12.2 Å². The summed E-state index contributed by atoms with van der Waals surface area (Å²) < 4.78 is 41.1. The highest BCUT2D eigenvalue weighted by atomic mass is 35.5. The van der Waals surface area contributed by atoms with Gasteiger partial charge in [0.2, 0.25) is 0 Å². The molecular formula is C21H17Cl2FN2O3S. The molecule has 0 spiro atoms. The molecule has 0 aliphatic rings. The van der Waals surface area contributed by atoms with Crippen LogP contribution in [-0.2, 0) is 10.0 Å². The van der Waals surface area contributed by atoms with Gasteiger partial charge in [-0.05, 0) is 49.4 Å². The van der Waals surface area contributed by atoms with Crippen LogP contribution in [0.15, 0.2) is 71.6 Å². The molecule has 0 saturated carbocycles. The van der Waals surface area contributed by atoms with E-state index in [1.165, 1.54) is 28.6 Å². The van der Waals surface area contributed by atoms with Gasteiger partial charge in [-0.2, -0.15) is 0 Å². The Labute approximate surface area is 184 Å². The van der Waals surface area contributed by atoms with Crippen molar-refractivity contribution in [1.29, 1.82) is 0 Å². The Morgan fingerprint density at radius 2 is 1.70 bits per heavy atom. The van der Waals surface area contributed by atoms with Gasteiger partial charge in [0.15, 0.2) is 0 Å². The highest BCUT2D eigenvalue weighted by Crippen LogP contribution is 2.33. The number of nitrogens with one attached hydrogen (secondary N) is 1. The Bertz CT molecular complexity index is 1190. The minimum Gasteiger partial charge on any atom is -0.322 e. The maximum atomic E-state index is 13.4. The van der Waals surface area contributed by atoms with Gasteiger partial charge in [-0.1, -0.05) is 47.5 Å². The third-order valence-corrected chi connectivity index (χ3v) is 6.93. The number of hydrogen-bond acceptors (Lipinski definition) is 3. The summed E-state index contributed by atoms with van der Waals surface area (Å²) in [7, 11) is -4.08. The van der Waals surface area contributed by atoms with E-state index in [0.29, 0.717) is 5.69 Å². The van der Waals surface area contributed by atoms with Crippen molar-refractivity contribution in [3.05, 3.63) is 88.2 Å². The summed E-state index contributed by atoms with van der Waals surface area (Å²) in [5.41, 5.74) is 0.555. The Morgan fingerprint density at radius 1 is 1.00 bits per heavy atom. The first-order chi connectivity index (χ1) is 14.2. The molecule has 0 unspecified atom stereocenters. The second kappa shape index (κ2) is 9.04. The second-order valence-corrected chi connectivity index (χ2v) is 8.88. The molecule has 1 N–H and O–H groups in total. The van der Waals surface area contributed by atoms with Gasteiger partial charge in [0.05, 0.1) is 21.3 Å². The van der Waals surface area contributed by atoms with Crippen LogP contribution in [0.5, 0.6) is 0 Å². The zero-order valence-corrected chi connectivity index (χ0v) is 18.1. The number of benzene rings is 3. The lowest BCUT2D eigenvalue weighted by Gasteiger charge is -2.24. The summed E-state index contributed by atoms with van der Waals surface area (Å²) in [6.45, 7) is 1.84. The van der Waals surface area contributed by atoms with Crippen molar-refractivity contribution >= 4 is 50.5 Å². The van der Waals surface area contributed by atoms with Crippen LogP contribution in [0, 0.1) is 5.82 Å². The predicted molar refractivity (Wildman–Crippen MR) is 117 cm³/mol. The monoisotopic (exact) mass is 466 g/mol. The Kier molecular flexibility index (Phi) is 6.65. The van der Waals surface area contributed by atoms with Crippen LogP contribution >= 0.6 is 23.2 Å². The molecule has 3 aromatic carbocycles. The van der Waals surface area contributed by atoms with E-state index in [4.69, 9.17) is 23.2 Å². The van der Waals surface area contributed by atoms with Gasteiger partial charge in [-0.3, -0.25) is 9.10 Å². The summed E-state index contributed by atoms with van der Waals surface area (Å²) in [5, 5.41) is 2.35. The van der Waals surface area contributed by atoms with Gasteiger partial charge in [-0.15, -0.1) is 0 Å². The highest BCUT2D eigenvalue weighted by Gasteiger charge is 2.28. The number of hydrogen-bond donors (Lipinski definition) is 1. The van der Waals surface area contributed by atoms with Crippen LogP contribution in [0.25, 0.3) is 0 Å². The van der Waals surface area contributed by atoms with E-state index in [9.17, 15) is 17.6 Å². The topological polar surface area (TPSA) is 66.5 Å². The Hall–Kier alpha value is -2.61. The van der Waals surface area contributed by atoms with E-state index >= 15 is 0 Å². The molecule has 0 fully saturated rings. The molecular weight excluding hydrogens is 450 g/mol. The molecule has 0 aliphatic carbocycles. The molecule has 0 aliphatic heterocycles. The number of amides is 1. The fraction of sp³-hybridized carbons (Fsp3) is 0.0952. The molecule has 0 atom stereocenters. The van der Waals surface area contributed by atoms with Gasteiger partial charge in [-0.25, -0.2) is 12.8 Å². The smallest absolute Gasteiger partial charge is 0.265 e. The van der Waals surface area contributed by atoms with Crippen LogP contribution in [0.2, 0.25) is 10.0 Å². The summed E-state index contributed by atoms with van der Waals surface area (Å²) >= 11 is 12.3. The molecule has 9 heteroatoms. The summed E-state index contributed by atoms with van der Waals surface area (Å²) in [5.74, 6) is -1.22. The van der Waals surface area contributed by atoms with Crippen LogP contribution in [0.3, 0.4) is 0 Å². The largest absolute Gasteiger partial charge is 0.322 e. The van der Waals surface area contributed by atoms with Crippen LogP contribution in [0.1, 0.15) is 17.3 Å². The minimum absolute atomic E-state index is 0.0318. The van der Waals surface area contributed by atoms with Gasteiger partial charge in [0.1, 0.15) is 10.7 Å². The molecule has 0 heterocycles. The van der Waals surface area contributed by atoms with E-state index in [0.717, 1.165) is 12.1 Å². The van der Waals surface area contributed by atoms with Crippen molar-refractivity contribution in [2.75, 3.05) is 16.2 Å². The zero-order valence-electron chi connectivity index (χ0n) is 15.8. The fourth-order valence-corrected chi connectivity index (χ4v) is 5.18. The van der Waals surface area contributed by atoms with E-state index in [1.54, 1.807) is 37.3 Å². The van der Waals surface area contributed by atoms with Crippen molar-refractivity contribution in [1.82, 2.24) is 0 Å². The molecule has 0 saturated heterocycles.